The van der Waals surface area contributed by atoms with Crippen molar-refractivity contribution in [1.82, 2.24) is 4.90 Å². The maximum absolute atomic E-state index is 10.9. The first-order valence-corrected chi connectivity index (χ1v) is 5.88. The highest BCUT2D eigenvalue weighted by Crippen LogP contribution is 2.19. The molecule has 1 aliphatic heterocycles. The Bertz CT molecular complexity index is 388. The Morgan fingerprint density at radius 2 is 2.06 bits per heavy atom. The summed E-state index contributed by atoms with van der Waals surface area (Å²) in [7, 11) is 0. The Morgan fingerprint density at radius 3 is 2.71 bits per heavy atom. The molecule has 0 aliphatic carbocycles. The van der Waals surface area contributed by atoms with E-state index in [9.17, 15) is 9.90 Å². The molecule has 1 aromatic rings. The number of rotatable bonds is 3. The average molecular weight is 235 g/mol. The number of piperidine rings is 1. The molecule has 0 unspecified atom stereocenters. The Labute approximate surface area is 100 Å². The summed E-state index contributed by atoms with van der Waals surface area (Å²) in [5.74, 6) is -0.669. The largest absolute Gasteiger partial charge is 0.508 e. The Morgan fingerprint density at radius 1 is 1.35 bits per heavy atom. The molecule has 2 rings (SSSR count). The summed E-state index contributed by atoms with van der Waals surface area (Å²) < 4.78 is 0. The zero-order valence-corrected chi connectivity index (χ0v) is 9.67. The third-order valence-electron chi connectivity index (χ3n) is 3.20. The van der Waals surface area contributed by atoms with Gasteiger partial charge in [-0.2, -0.15) is 0 Å². The molecule has 4 nitrogen and oxygen atoms in total. The lowest BCUT2D eigenvalue weighted by molar-refractivity contribution is -0.143. The van der Waals surface area contributed by atoms with Crippen LogP contribution in [0.5, 0.6) is 5.75 Å². The number of phenols is 1. The zero-order chi connectivity index (χ0) is 12.3. The fourth-order valence-corrected chi connectivity index (χ4v) is 2.26. The molecule has 1 atom stereocenters. The second kappa shape index (κ2) is 5.19. The average Bonchev–Trinajstić information content (AvgIpc) is 2.32. The molecule has 0 saturated carbocycles. The standard InChI is InChI=1S/C13H17NO3/c15-12-5-3-10(4-6-12)8-14-7-1-2-11(9-14)13(16)17/h3-6,11,15H,1-2,7-9H2,(H,16,17)/t11-/m1/s1. The highest BCUT2D eigenvalue weighted by Gasteiger charge is 2.25. The summed E-state index contributed by atoms with van der Waals surface area (Å²) in [5.41, 5.74) is 1.11. The van der Waals surface area contributed by atoms with Crippen molar-refractivity contribution < 1.29 is 15.0 Å². The van der Waals surface area contributed by atoms with Crippen molar-refractivity contribution in [2.75, 3.05) is 13.1 Å². The molecule has 1 aliphatic rings. The summed E-state index contributed by atoms with van der Waals surface area (Å²) in [5, 5.41) is 18.2. The van der Waals surface area contributed by atoms with Crippen LogP contribution < -0.4 is 0 Å². The van der Waals surface area contributed by atoms with E-state index in [-0.39, 0.29) is 11.7 Å². The SMILES string of the molecule is O=C(O)[C@@H]1CCCN(Cc2ccc(O)cc2)C1. The molecule has 0 bridgehead atoms. The number of aromatic hydroxyl groups is 1. The molecular weight excluding hydrogens is 218 g/mol. The van der Waals surface area contributed by atoms with E-state index in [1.165, 1.54) is 0 Å². The summed E-state index contributed by atoms with van der Waals surface area (Å²) in [6, 6.07) is 7.07. The lowest BCUT2D eigenvalue weighted by Gasteiger charge is -2.30. The minimum Gasteiger partial charge on any atom is -0.508 e. The molecule has 0 radical (unpaired) electrons. The molecule has 1 saturated heterocycles. The molecule has 0 aromatic heterocycles. The fourth-order valence-electron chi connectivity index (χ4n) is 2.26. The Balaban J connectivity index is 1.94. The third-order valence-corrected chi connectivity index (χ3v) is 3.20. The van der Waals surface area contributed by atoms with Crippen molar-refractivity contribution >= 4 is 5.97 Å². The minimum atomic E-state index is -0.694. The number of carbonyl (C=O) groups is 1. The number of nitrogens with zero attached hydrogens (tertiary/aromatic N) is 1. The Hall–Kier alpha value is -1.55. The topological polar surface area (TPSA) is 60.8 Å². The van der Waals surface area contributed by atoms with E-state index in [1.807, 2.05) is 12.1 Å². The molecule has 92 valence electrons. The number of phenolic OH excluding ortho intramolecular Hbond substituents is 1. The van der Waals surface area contributed by atoms with Crippen molar-refractivity contribution in [2.45, 2.75) is 19.4 Å². The number of hydrogen-bond acceptors (Lipinski definition) is 3. The van der Waals surface area contributed by atoms with Gasteiger partial charge in [-0.3, -0.25) is 9.69 Å². The van der Waals surface area contributed by atoms with E-state index < -0.39 is 5.97 Å². The fraction of sp³-hybridized carbons (Fsp3) is 0.462. The second-order valence-corrected chi connectivity index (χ2v) is 4.58. The van der Waals surface area contributed by atoms with Crippen molar-refractivity contribution in [2.24, 2.45) is 5.92 Å². The van der Waals surface area contributed by atoms with Gasteiger partial charge < -0.3 is 10.2 Å². The van der Waals surface area contributed by atoms with Crippen LogP contribution in [0.3, 0.4) is 0 Å². The second-order valence-electron chi connectivity index (χ2n) is 4.58. The van der Waals surface area contributed by atoms with Crippen LogP contribution in [0.4, 0.5) is 0 Å². The molecule has 1 aromatic carbocycles. The predicted octanol–water partition coefficient (Wildman–Crippen LogP) is 1.69. The normalized spacial score (nSPS) is 21.3. The monoisotopic (exact) mass is 235 g/mol. The molecule has 4 heteroatoms. The number of aliphatic carboxylic acids is 1. The molecule has 17 heavy (non-hydrogen) atoms. The molecule has 2 N–H and O–H groups in total. The first-order valence-electron chi connectivity index (χ1n) is 5.88. The molecule has 1 fully saturated rings. The third kappa shape index (κ3) is 3.20. The van der Waals surface area contributed by atoms with Crippen LogP contribution in [0.25, 0.3) is 0 Å². The van der Waals surface area contributed by atoms with Crippen LogP contribution in [0.2, 0.25) is 0 Å². The highest BCUT2D eigenvalue weighted by atomic mass is 16.4. The van der Waals surface area contributed by atoms with Gasteiger partial charge in [0.05, 0.1) is 5.92 Å². The van der Waals surface area contributed by atoms with Crippen LogP contribution >= 0.6 is 0 Å². The molecule has 0 spiro atoms. The van der Waals surface area contributed by atoms with E-state index in [2.05, 4.69) is 4.90 Å². The van der Waals surface area contributed by atoms with E-state index >= 15 is 0 Å². The van der Waals surface area contributed by atoms with Gasteiger partial charge in [-0.25, -0.2) is 0 Å². The summed E-state index contributed by atoms with van der Waals surface area (Å²) in [6.07, 6.45) is 1.72. The predicted molar refractivity (Wildman–Crippen MR) is 63.7 cm³/mol. The Kier molecular flexibility index (Phi) is 3.64. The highest BCUT2D eigenvalue weighted by molar-refractivity contribution is 5.70. The summed E-state index contributed by atoms with van der Waals surface area (Å²) in [6.45, 7) is 2.32. The molecular formula is C13H17NO3. The quantitative estimate of drug-likeness (QED) is 0.837. The van der Waals surface area contributed by atoms with Gasteiger partial charge in [-0.1, -0.05) is 12.1 Å². The lowest BCUT2D eigenvalue weighted by atomic mass is 9.98. The van der Waals surface area contributed by atoms with Crippen molar-refractivity contribution in [1.29, 1.82) is 0 Å². The first-order chi connectivity index (χ1) is 8.15. The maximum atomic E-state index is 10.9. The van der Waals surface area contributed by atoms with Gasteiger partial charge in [-0.15, -0.1) is 0 Å². The van der Waals surface area contributed by atoms with Crippen molar-refractivity contribution in [3.05, 3.63) is 29.8 Å². The van der Waals surface area contributed by atoms with Crippen LogP contribution in [-0.4, -0.2) is 34.2 Å². The maximum Gasteiger partial charge on any atom is 0.307 e. The van der Waals surface area contributed by atoms with Gasteiger partial charge in [0, 0.05) is 13.1 Å². The van der Waals surface area contributed by atoms with E-state index in [0.717, 1.165) is 31.5 Å². The van der Waals surface area contributed by atoms with E-state index in [4.69, 9.17) is 5.11 Å². The van der Waals surface area contributed by atoms with Gasteiger partial charge in [0.1, 0.15) is 5.75 Å². The van der Waals surface area contributed by atoms with Gasteiger partial charge >= 0.3 is 5.97 Å². The van der Waals surface area contributed by atoms with Crippen LogP contribution in [0, 0.1) is 5.92 Å². The van der Waals surface area contributed by atoms with E-state index in [0.29, 0.717) is 6.54 Å². The number of likely N-dealkylation sites (tertiary alicyclic amines) is 1. The van der Waals surface area contributed by atoms with Gasteiger partial charge in [-0.05, 0) is 37.1 Å². The van der Waals surface area contributed by atoms with E-state index in [1.54, 1.807) is 12.1 Å². The van der Waals surface area contributed by atoms with Crippen LogP contribution in [0.15, 0.2) is 24.3 Å². The summed E-state index contributed by atoms with van der Waals surface area (Å²) >= 11 is 0. The van der Waals surface area contributed by atoms with Crippen molar-refractivity contribution in [3.63, 3.8) is 0 Å². The first kappa shape index (κ1) is 11.9. The smallest absolute Gasteiger partial charge is 0.307 e. The molecule has 0 amide bonds. The zero-order valence-electron chi connectivity index (χ0n) is 9.67. The number of carboxylic acid groups (broad SMARTS) is 1. The molecule has 1 heterocycles. The van der Waals surface area contributed by atoms with Gasteiger partial charge in [0.15, 0.2) is 0 Å². The number of hydrogen-bond donors (Lipinski definition) is 2. The lowest BCUT2D eigenvalue weighted by Crippen LogP contribution is -2.38. The van der Waals surface area contributed by atoms with Gasteiger partial charge in [0.2, 0.25) is 0 Å². The van der Waals surface area contributed by atoms with Gasteiger partial charge in [0.25, 0.3) is 0 Å². The van der Waals surface area contributed by atoms with Crippen molar-refractivity contribution in [3.8, 4) is 5.75 Å². The van der Waals surface area contributed by atoms with Crippen LogP contribution in [0.1, 0.15) is 18.4 Å². The summed E-state index contributed by atoms with van der Waals surface area (Å²) in [4.78, 5) is 13.1. The van der Waals surface area contributed by atoms with Crippen LogP contribution in [-0.2, 0) is 11.3 Å². The minimum absolute atomic E-state index is 0.235. The number of benzene rings is 1. The number of carboxylic acids is 1.